The number of aliphatic carboxylic acids is 1. The topological polar surface area (TPSA) is 66.4 Å². The third-order valence-corrected chi connectivity index (χ3v) is 4.30. The lowest BCUT2D eigenvalue weighted by atomic mass is 9.89. The van der Waals surface area contributed by atoms with Crippen LogP contribution in [0.2, 0.25) is 5.02 Å². The van der Waals surface area contributed by atoms with Gasteiger partial charge in [-0.2, -0.15) is 0 Å². The number of rotatable bonds is 4. The van der Waals surface area contributed by atoms with E-state index in [-0.39, 0.29) is 23.0 Å². The van der Waals surface area contributed by atoms with Crippen molar-refractivity contribution in [3.05, 3.63) is 28.8 Å². The molecule has 0 bridgehead atoms. The maximum atomic E-state index is 13.6. The van der Waals surface area contributed by atoms with Crippen molar-refractivity contribution in [2.75, 3.05) is 5.32 Å². The molecule has 1 aromatic rings. The van der Waals surface area contributed by atoms with Crippen molar-refractivity contribution in [1.82, 2.24) is 0 Å². The number of carboxylic acids is 1. The van der Waals surface area contributed by atoms with E-state index < -0.39 is 34.8 Å². The van der Waals surface area contributed by atoms with Crippen molar-refractivity contribution in [3.63, 3.8) is 0 Å². The average molecular weight is 318 g/mol. The van der Waals surface area contributed by atoms with Crippen LogP contribution in [0.5, 0.6) is 0 Å². The molecule has 0 spiro atoms. The highest BCUT2D eigenvalue weighted by Gasteiger charge is 2.65. The summed E-state index contributed by atoms with van der Waals surface area (Å²) in [6.45, 7) is 3.43. The lowest BCUT2D eigenvalue weighted by Crippen LogP contribution is -2.29. The Kier molecular flexibility index (Phi) is 3.93. The molecule has 2 rings (SSSR count). The van der Waals surface area contributed by atoms with E-state index in [2.05, 4.69) is 5.32 Å². The molecule has 0 saturated heterocycles. The van der Waals surface area contributed by atoms with Crippen molar-refractivity contribution >= 4 is 29.2 Å². The number of carboxylic acid groups (broad SMARTS) is 1. The molecule has 1 amide bonds. The second kappa shape index (κ2) is 5.26. The number of benzene rings is 1. The van der Waals surface area contributed by atoms with Gasteiger partial charge in [-0.25, -0.2) is 8.78 Å². The van der Waals surface area contributed by atoms with Gasteiger partial charge in [-0.1, -0.05) is 25.4 Å². The van der Waals surface area contributed by atoms with Gasteiger partial charge in [0.25, 0.3) is 0 Å². The molecule has 0 radical (unpaired) electrons. The van der Waals surface area contributed by atoms with E-state index in [4.69, 9.17) is 11.6 Å². The van der Waals surface area contributed by atoms with E-state index in [0.717, 1.165) is 6.07 Å². The number of halogens is 3. The average Bonchev–Trinajstić information content (AvgIpc) is 3.10. The van der Waals surface area contributed by atoms with E-state index in [9.17, 15) is 23.5 Å². The maximum absolute atomic E-state index is 13.6. The summed E-state index contributed by atoms with van der Waals surface area (Å²) in [5.74, 6) is -4.53. The van der Waals surface area contributed by atoms with Crippen LogP contribution in [0.1, 0.15) is 20.3 Å². The Morgan fingerprint density at radius 1 is 1.43 bits per heavy atom. The van der Waals surface area contributed by atoms with Crippen LogP contribution >= 0.6 is 11.6 Å². The summed E-state index contributed by atoms with van der Waals surface area (Å²) in [4.78, 5) is 23.4. The van der Waals surface area contributed by atoms with Crippen molar-refractivity contribution in [3.8, 4) is 0 Å². The van der Waals surface area contributed by atoms with Crippen LogP contribution in [-0.2, 0) is 9.59 Å². The number of nitrogens with one attached hydrogen (secondary N) is 1. The van der Waals surface area contributed by atoms with Gasteiger partial charge in [0.15, 0.2) is 5.82 Å². The van der Waals surface area contributed by atoms with Crippen LogP contribution < -0.4 is 5.32 Å². The second-order valence-electron chi connectivity index (χ2n) is 5.49. The van der Waals surface area contributed by atoms with Crippen molar-refractivity contribution in [2.24, 2.45) is 17.3 Å². The predicted molar refractivity (Wildman–Crippen MR) is 73.0 cm³/mol. The van der Waals surface area contributed by atoms with Crippen LogP contribution in [-0.4, -0.2) is 17.0 Å². The summed E-state index contributed by atoms with van der Waals surface area (Å²) >= 11 is 5.69. The molecular formula is C14H14ClF2NO3. The third kappa shape index (κ3) is 2.60. The summed E-state index contributed by atoms with van der Waals surface area (Å²) in [6.07, 6.45) is 0.187. The molecule has 1 aromatic carbocycles. The molecule has 0 heterocycles. The SMILES string of the molecule is CC(C)C1(C(=O)O)CC1C(=O)Nc1c(F)cc(F)cc1Cl. The molecule has 114 valence electrons. The number of anilines is 1. The molecule has 21 heavy (non-hydrogen) atoms. The fourth-order valence-electron chi connectivity index (χ4n) is 2.60. The molecule has 7 heteroatoms. The lowest BCUT2D eigenvalue weighted by Gasteiger charge is -2.16. The molecule has 2 unspecified atom stereocenters. The highest BCUT2D eigenvalue weighted by molar-refractivity contribution is 6.33. The van der Waals surface area contributed by atoms with Crippen molar-refractivity contribution < 1.29 is 23.5 Å². The summed E-state index contributed by atoms with van der Waals surface area (Å²) < 4.78 is 26.5. The van der Waals surface area contributed by atoms with E-state index in [1.807, 2.05) is 0 Å². The largest absolute Gasteiger partial charge is 0.481 e. The Hall–Kier alpha value is -1.69. The number of hydrogen-bond donors (Lipinski definition) is 2. The van der Waals surface area contributed by atoms with Gasteiger partial charge in [-0.15, -0.1) is 0 Å². The lowest BCUT2D eigenvalue weighted by molar-refractivity contribution is -0.147. The van der Waals surface area contributed by atoms with Crippen LogP contribution in [0.25, 0.3) is 0 Å². The molecule has 0 aliphatic heterocycles. The van der Waals surface area contributed by atoms with Gasteiger partial charge in [0.1, 0.15) is 5.82 Å². The zero-order valence-corrected chi connectivity index (χ0v) is 12.2. The smallest absolute Gasteiger partial charge is 0.310 e. The molecule has 4 nitrogen and oxygen atoms in total. The first-order valence-corrected chi connectivity index (χ1v) is 6.76. The quantitative estimate of drug-likeness (QED) is 0.895. The Bertz CT molecular complexity index is 597. The Balaban J connectivity index is 2.20. The van der Waals surface area contributed by atoms with Crippen molar-refractivity contribution in [2.45, 2.75) is 20.3 Å². The van der Waals surface area contributed by atoms with Crippen LogP contribution in [0, 0.1) is 28.9 Å². The summed E-state index contributed by atoms with van der Waals surface area (Å²) in [6, 6.07) is 1.47. The fraction of sp³-hybridized carbons (Fsp3) is 0.429. The summed E-state index contributed by atoms with van der Waals surface area (Å²) in [5, 5.41) is 11.3. The summed E-state index contributed by atoms with van der Waals surface area (Å²) in [7, 11) is 0. The standard InChI is InChI=1S/C14H14ClF2NO3/c1-6(2)14(13(20)21)5-8(14)12(19)18-11-9(15)3-7(16)4-10(11)17/h3-4,6,8H,5H2,1-2H3,(H,18,19)(H,20,21). The normalized spacial score (nSPS) is 24.0. The van der Waals surface area contributed by atoms with E-state index in [1.54, 1.807) is 13.8 Å². The third-order valence-electron chi connectivity index (χ3n) is 4.00. The summed E-state index contributed by atoms with van der Waals surface area (Å²) in [5.41, 5.74) is -1.47. The molecule has 1 aliphatic carbocycles. The predicted octanol–water partition coefficient (Wildman–Crippen LogP) is 3.30. The van der Waals surface area contributed by atoms with E-state index >= 15 is 0 Å². The zero-order valence-electron chi connectivity index (χ0n) is 11.4. The molecule has 1 saturated carbocycles. The van der Waals surface area contributed by atoms with Crippen LogP contribution in [0.4, 0.5) is 14.5 Å². The molecule has 0 aromatic heterocycles. The molecule has 2 N–H and O–H groups in total. The molecule has 1 fully saturated rings. The zero-order chi connectivity index (χ0) is 15.9. The first-order valence-electron chi connectivity index (χ1n) is 6.39. The second-order valence-corrected chi connectivity index (χ2v) is 5.90. The van der Waals surface area contributed by atoms with Gasteiger partial charge in [0, 0.05) is 6.07 Å². The fourth-order valence-corrected chi connectivity index (χ4v) is 2.84. The van der Waals surface area contributed by atoms with E-state index in [1.165, 1.54) is 0 Å². The van der Waals surface area contributed by atoms with Gasteiger partial charge in [0.05, 0.1) is 22.0 Å². The number of carbonyl (C=O) groups excluding carboxylic acids is 1. The molecule has 1 aliphatic rings. The minimum atomic E-state index is -1.13. The number of amides is 1. The Morgan fingerprint density at radius 3 is 2.48 bits per heavy atom. The van der Waals surface area contributed by atoms with Gasteiger partial charge < -0.3 is 10.4 Å². The monoisotopic (exact) mass is 317 g/mol. The van der Waals surface area contributed by atoms with Gasteiger partial charge in [-0.05, 0) is 18.4 Å². The number of carbonyl (C=O) groups is 2. The first kappa shape index (κ1) is 15.7. The van der Waals surface area contributed by atoms with E-state index in [0.29, 0.717) is 6.07 Å². The highest BCUT2D eigenvalue weighted by atomic mass is 35.5. The van der Waals surface area contributed by atoms with Gasteiger partial charge in [-0.3, -0.25) is 9.59 Å². The van der Waals surface area contributed by atoms with Crippen LogP contribution in [0.3, 0.4) is 0 Å². The maximum Gasteiger partial charge on any atom is 0.310 e. The Morgan fingerprint density at radius 2 is 2.05 bits per heavy atom. The number of hydrogen-bond acceptors (Lipinski definition) is 2. The molecule has 2 atom stereocenters. The first-order chi connectivity index (χ1) is 9.70. The minimum absolute atomic E-state index is 0.187. The minimum Gasteiger partial charge on any atom is -0.481 e. The Labute approximate surface area is 125 Å². The van der Waals surface area contributed by atoms with Crippen molar-refractivity contribution in [1.29, 1.82) is 0 Å². The molecular weight excluding hydrogens is 304 g/mol. The van der Waals surface area contributed by atoms with Crippen LogP contribution in [0.15, 0.2) is 12.1 Å². The van der Waals surface area contributed by atoms with Gasteiger partial charge >= 0.3 is 5.97 Å². The van der Waals surface area contributed by atoms with Gasteiger partial charge in [0.2, 0.25) is 5.91 Å². The highest BCUT2D eigenvalue weighted by Crippen LogP contribution is 2.58.